The van der Waals surface area contributed by atoms with E-state index in [9.17, 15) is 8.42 Å². The minimum Gasteiger partial charge on any atom is -0.265 e. The second kappa shape index (κ2) is 7.26. The van der Waals surface area contributed by atoms with E-state index in [4.69, 9.17) is 5.26 Å². The standard InChI is InChI=1S/C19H15N3O2S/c20-14-15-5-4-8-18(13-15)25(23,24)22-19(16-6-2-1-3-7-16)17-9-11-21-12-10-17/h1-13,19,22H. The van der Waals surface area contributed by atoms with Crippen LogP contribution in [-0.2, 0) is 10.0 Å². The van der Waals surface area contributed by atoms with Crippen molar-refractivity contribution in [3.63, 3.8) is 0 Å². The van der Waals surface area contributed by atoms with Crippen molar-refractivity contribution in [3.8, 4) is 6.07 Å². The van der Waals surface area contributed by atoms with Gasteiger partial charge in [0.05, 0.1) is 22.6 Å². The summed E-state index contributed by atoms with van der Waals surface area (Å²) in [7, 11) is -3.81. The van der Waals surface area contributed by atoms with Crippen LogP contribution in [0.25, 0.3) is 0 Å². The number of benzene rings is 2. The molecule has 1 N–H and O–H groups in total. The Labute approximate surface area is 146 Å². The van der Waals surface area contributed by atoms with E-state index >= 15 is 0 Å². The molecule has 0 saturated heterocycles. The summed E-state index contributed by atoms with van der Waals surface area (Å²) in [6.45, 7) is 0. The molecule has 1 aromatic heterocycles. The number of nitriles is 1. The highest BCUT2D eigenvalue weighted by Gasteiger charge is 2.23. The number of rotatable bonds is 5. The maximum absolute atomic E-state index is 12.8. The lowest BCUT2D eigenvalue weighted by Gasteiger charge is -2.19. The maximum Gasteiger partial charge on any atom is 0.241 e. The van der Waals surface area contributed by atoms with Gasteiger partial charge in [0.1, 0.15) is 0 Å². The largest absolute Gasteiger partial charge is 0.265 e. The first-order chi connectivity index (χ1) is 12.1. The number of aromatic nitrogens is 1. The van der Waals surface area contributed by atoms with Crippen molar-refractivity contribution in [2.45, 2.75) is 10.9 Å². The Morgan fingerprint density at radius 1 is 0.920 bits per heavy atom. The summed E-state index contributed by atoms with van der Waals surface area (Å²) in [5, 5.41) is 8.99. The van der Waals surface area contributed by atoms with E-state index in [0.29, 0.717) is 5.56 Å². The Hall–Kier alpha value is -3.01. The van der Waals surface area contributed by atoms with Crippen molar-refractivity contribution in [2.75, 3.05) is 0 Å². The number of nitrogens with one attached hydrogen (secondary N) is 1. The average Bonchev–Trinajstić information content (AvgIpc) is 2.67. The number of sulfonamides is 1. The van der Waals surface area contributed by atoms with Gasteiger partial charge in [-0.1, -0.05) is 36.4 Å². The monoisotopic (exact) mass is 349 g/mol. The number of hydrogen-bond acceptors (Lipinski definition) is 4. The predicted octanol–water partition coefficient (Wildman–Crippen LogP) is 3.02. The maximum atomic E-state index is 12.8. The summed E-state index contributed by atoms with van der Waals surface area (Å²) in [5.74, 6) is 0. The second-order valence-electron chi connectivity index (χ2n) is 5.39. The summed E-state index contributed by atoms with van der Waals surface area (Å²) in [6.07, 6.45) is 3.24. The van der Waals surface area contributed by atoms with Gasteiger partial charge in [0.25, 0.3) is 0 Å². The van der Waals surface area contributed by atoms with E-state index in [2.05, 4.69) is 9.71 Å². The second-order valence-corrected chi connectivity index (χ2v) is 7.10. The summed E-state index contributed by atoms with van der Waals surface area (Å²) in [5.41, 5.74) is 1.89. The first kappa shape index (κ1) is 16.8. The van der Waals surface area contributed by atoms with Crippen LogP contribution >= 0.6 is 0 Å². The quantitative estimate of drug-likeness (QED) is 0.767. The third kappa shape index (κ3) is 3.91. The van der Waals surface area contributed by atoms with Crippen LogP contribution in [0.1, 0.15) is 22.7 Å². The molecule has 0 amide bonds. The van der Waals surface area contributed by atoms with Crippen LogP contribution in [0.3, 0.4) is 0 Å². The van der Waals surface area contributed by atoms with Crippen molar-refractivity contribution in [3.05, 3.63) is 95.8 Å². The Morgan fingerprint density at radius 2 is 1.60 bits per heavy atom. The Morgan fingerprint density at radius 3 is 2.28 bits per heavy atom. The lowest BCUT2D eigenvalue weighted by Crippen LogP contribution is -2.29. The van der Waals surface area contributed by atoms with Gasteiger partial charge in [-0.05, 0) is 41.5 Å². The fraction of sp³-hybridized carbons (Fsp3) is 0.0526. The molecule has 0 spiro atoms. The minimum atomic E-state index is -3.81. The van der Waals surface area contributed by atoms with Crippen LogP contribution in [0.5, 0.6) is 0 Å². The lowest BCUT2D eigenvalue weighted by molar-refractivity contribution is 0.572. The fourth-order valence-electron chi connectivity index (χ4n) is 2.49. The molecular weight excluding hydrogens is 334 g/mol. The van der Waals surface area contributed by atoms with Gasteiger partial charge in [0.2, 0.25) is 10.0 Å². The van der Waals surface area contributed by atoms with Crippen molar-refractivity contribution in [1.82, 2.24) is 9.71 Å². The molecule has 0 bridgehead atoms. The summed E-state index contributed by atoms with van der Waals surface area (Å²) < 4.78 is 28.4. The molecular formula is C19H15N3O2S. The molecule has 2 aromatic carbocycles. The molecule has 25 heavy (non-hydrogen) atoms. The Kier molecular flexibility index (Phi) is 4.89. The lowest BCUT2D eigenvalue weighted by atomic mass is 10.0. The zero-order valence-corrected chi connectivity index (χ0v) is 14.0. The SMILES string of the molecule is N#Cc1cccc(S(=O)(=O)NC(c2ccccc2)c2ccncc2)c1. The van der Waals surface area contributed by atoms with Crippen LogP contribution in [0.4, 0.5) is 0 Å². The van der Waals surface area contributed by atoms with E-state index in [1.165, 1.54) is 12.1 Å². The smallest absolute Gasteiger partial charge is 0.241 e. The van der Waals surface area contributed by atoms with Gasteiger partial charge in [-0.25, -0.2) is 8.42 Å². The summed E-state index contributed by atoms with van der Waals surface area (Å²) in [4.78, 5) is 4.04. The molecule has 1 atom stereocenters. The first-order valence-corrected chi connectivity index (χ1v) is 9.06. The van der Waals surface area contributed by atoms with Crippen LogP contribution in [0.15, 0.2) is 84.0 Å². The van der Waals surface area contributed by atoms with E-state index in [1.54, 1.807) is 36.7 Å². The van der Waals surface area contributed by atoms with Gasteiger partial charge in [-0.15, -0.1) is 0 Å². The Bertz CT molecular complexity index is 958. The molecule has 3 aromatic rings. The van der Waals surface area contributed by atoms with Crippen LogP contribution in [-0.4, -0.2) is 13.4 Å². The predicted molar refractivity (Wildman–Crippen MR) is 94.0 cm³/mol. The van der Waals surface area contributed by atoms with Gasteiger partial charge in [0.15, 0.2) is 0 Å². The van der Waals surface area contributed by atoms with Crippen LogP contribution < -0.4 is 4.72 Å². The number of pyridine rings is 1. The van der Waals surface area contributed by atoms with E-state index in [-0.39, 0.29) is 4.90 Å². The molecule has 0 aliphatic rings. The highest BCUT2D eigenvalue weighted by Crippen LogP contribution is 2.24. The molecule has 0 aliphatic carbocycles. The molecule has 0 aliphatic heterocycles. The third-order valence-electron chi connectivity index (χ3n) is 3.72. The van der Waals surface area contributed by atoms with E-state index in [0.717, 1.165) is 11.1 Å². The summed E-state index contributed by atoms with van der Waals surface area (Å²) in [6, 6.07) is 20.2. The summed E-state index contributed by atoms with van der Waals surface area (Å²) >= 11 is 0. The van der Waals surface area contributed by atoms with E-state index in [1.807, 2.05) is 36.4 Å². The third-order valence-corrected chi connectivity index (χ3v) is 5.14. The van der Waals surface area contributed by atoms with Gasteiger partial charge in [-0.2, -0.15) is 9.98 Å². The highest BCUT2D eigenvalue weighted by molar-refractivity contribution is 7.89. The van der Waals surface area contributed by atoms with Crippen molar-refractivity contribution >= 4 is 10.0 Å². The zero-order chi connectivity index (χ0) is 17.7. The molecule has 5 nitrogen and oxygen atoms in total. The van der Waals surface area contributed by atoms with Gasteiger partial charge in [0, 0.05) is 12.4 Å². The normalized spacial score (nSPS) is 12.3. The molecule has 1 heterocycles. The fourth-order valence-corrected chi connectivity index (χ4v) is 3.74. The first-order valence-electron chi connectivity index (χ1n) is 7.57. The van der Waals surface area contributed by atoms with Gasteiger partial charge in [-0.3, -0.25) is 4.98 Å². The molecule has 0 saturated carbocycles. The molecule has 3 rings (SSSR count). The minimum absolute atomic E-state index is 0.0570. The molecule has 124 valence electrons. The molecule has 0 fully saturated rings. The molecule has 1 unspecified atom stereocenters. The zero-order valence-electron chi connectivity index (χ0n) is 13.2. The van der Waals surface area contributed by atoms with Crippen LogP contribution in [0.2, 0.25) is 0 Å². The number of nitrogens with zero attached hydrogens (tertiary/aromatic N) is 2. The average molecular weight is 349 g/mol. The Balaban J connectivity index is 2.02. The molecule has 0 radical (unpaired) electrons. The van der Waals surface area contributed by atoms with Gasteiger partial charge >= 0.3 is 0 Å². The topological polar surface area (TPSA) is 82.8 Å². The van der Waals surface area contributed by atoms with Crippen molar-refractivity contribution in [2.24, 2.45) is 0 Å². The van der Waals surface area contributed by atoms with Crippen molar-refractivity contribution in [1.29, 1.82) is 5.26 Å². The van der Waals surface area contributed by atoms with Crippen molar-refractivity contribution < 1.29 is 8.42 Å². The van der Waals surface area contributed by atoms with Crippen LogP contribution in [0, 0.1) is 11.3 Å². The molecule has 6 heteroatoms. The number of hydrogen-bond donors (Lipinski definition) is 1. The van der Waals surface area contributed by atoms with E-state index < -0.39 is 16.1 Å². The highest BCUT2D eigenvalue weighted by atomic mass is 32.2. The van der Waals surface area contributed by atoms with Gasteiger partial charge < -0.3 is 0 Å².